The van der Waals surface area contributed by atoms with Crippen LogP contribution in [-0.4, -0.2) is 15.0 Å². The summed E-state index contributed by atoms with van der Waals surface area (Å²) < 4.78 is 6.20. The first-order valence-electron chi connectivity index (χ1n) is 13.5. The number of hydrogen-bond acceptors (Lipinski definition) is 4. The van der Waals surface area contributed by atoms with Crippen LogP contribution in [0.5, 0.6) is 0 Å². The molecule has 0 fully saturated rings. The third-order valence-electron chi connectivity index (χ3n) is 6.98. The predicted octanol–water partition coefficient (Wildman–Crippen LogP) is 9.28. The van der Waals surface area contributed by atoms with E-state index in [-0.39, 0.29) is 20.1 Å². The van der Waals surface area contributed by atoms with Crippen LogP contribution >= 0.6 is 0 Å². The summed E-state index contributed by atoms with van der Waals surface area (Å²) in [6, 6.07) is 35.2. The Bertz CT molecular complexity index is 1910. The van der Waals surface area contributed by atoms with Gasteiger partial charge < -0.3 is 14.4 Å². The Morgan fingerprint density at radius 2 is 1.61 bits per heavy atom. The Kier molecular flexibility index (Phi) is 8.39. The summed E-state index contributed by atoms with van der Waals surface area (Å²) >= 11 is 0. The molecule has 0 saturated carbocycles. The quantitative estimate of drug-likeness (QED) is 0.172. The van der Waals surface area contributed by atoms with Gasteiger partial charge in [0.2, 0.25) is 5.71 Å². The molecule has 41 heavy (non-hydrogen) atoms. The minimum absolute atomic E-state index is 0. The minimum Gasteiger partial charge on any atom is -0.486 e. The normalized spacial score (nSPS) is 11.0. The molecule has 0 spiro atoms. The Morgan fingerprint density at radius 1 is 0.780 bits per heavy atom. The zero-order valence-corrected chi connectivity index (χ0v) is 25.8. The van der Waals surface area contributed by atoms with Gasteiger partial charge in [0.15, 0.2) is 0 Å². The summed E-state index contributed by atoms with van der Waals surface area (Å²) in [5.74, 6) is 0.489. The third-order valence-corrected chi connectivity index (χ3v) is 6.98. The summed E-state index contributed by atoms with van der Waals surface area (Å²) in [6.07, 6.45) is 3.66. The summed E-state index contributed by atoms with van der Waals surface area (Å²) in [4.78, 5) is 13.5. The fourth-order valence-corrected chi connectivity index (χ4v) is 4.92. The second kappa shape index (κ2) is 12.1. The third kappa shape index (κ3) is 5.83. The summed E-state index contributed by atoms with van der Waals surface area (Å²) in [6.45, 7) is 8.46. The van der Waals surface area contributed by atoms with Crippen LogP contribution < -0.4 is 0 Å². The van der Waals surface area contributed by atoms with E-state index in [4.69, 9.17) is 9.40 Å². The number of rotatable bonds is 3. The van der Waals surface area contributed by atoms with Gasteiger partial charge in [-0.05, 0) is 64.8 Å². The molecule has 0 unspecified atom stereocenters. The maximum atomic E-state index is 6.20. The number of fused-ring (bicyclic) bond motifs is 4. The fraction of sp³-hybridized carbons (Fsp3) is 0.139. The SMILES string of the molecule is Cc1[c-]c(-c2nccc3cc(C(C)C)ccc23)c2oc3nc(C)ccc3c2c1.[Ir].[c-]1ccccc1-c1ccccn1. The number of benzene rings is 3. The van der Waals surface area contributed by atoms with Crippen LogP contribution in [0, 0.1) is 26.0 Å². The summed E-state index contributed by atoms with van der Waals surface area (Å²) in [5.41, 5.74) is 8.60. The second-order valence-corrected chi connectivity index (χ2v) is 10.3. The largest absolute Gasteiger partial charge is 0.486 e. The summed E-state index contributed by atoms with van der Waals surface area (Å²) in [7, 11) is 0. The van der Waals surface area contributed by atoms with Gasteiger partial charge in [0.25, 0.3) is 0 Å². The number of nitrogens with zero attached hydrogens (tertiary/aromatic N) is 3. The van der Waals surface area contributed by atoms with Gasteiger partial charge in [-0.25, -0.2) is 4.98 Å². The van der Waals surface area contributed by atoms with E-state index < -0.39 is 0 Å². The van der Waals surface area contributed by atoms with Crippen molar-refractivity contribution >= 4 is 32.8 Å². The van der Waals surface area contributed by atoms with E-state index in [9.17, 15) is 0 Å². The van der Waals surface area contributed by atoms with Gasteiger partial charge in [0, 0.05) is 43.6 Å². The van der Waals surface area contributed by atoms with Crippen molar-refractivity contribution < 1.29 is 24.5 Å². The molecule has 0 aliphatic heterocycles. The first-order chi connectivity index (χ1) is 19.5. The number of furan rings is 1. The van der Waals surface area contributed by atoms with E-state index in [1.54, 1.807) is 6.20 Å². The topological polar surface area (TPSA) is 51.8 Å². The molecular formula is C36H29IrN3O-2. The molecule has 0 bridgehead atoms. The van der Waals surface area contributed by atoms with Gasteiger partial charge >= 0.3 is 0 Å². The molecule has 5 heteroatoms. The fourth-order valence-electron chi connectivity index (χ4n) is 4.92. The molecule has 7 aromatic rings. The molecule has 0 atom stereocenters. The van der Waals surface area contributed by atoms with E-state index in [0.717, 1.165) is 55.5 Å². The van der Waals surface area contributed by atoms with Crippen molar-refractivity contribution in [3.05, 3.63) is 126 Å². The number of pyridine rings is 3. The van der Waals surface area contributed by atoms with Crippen molar-refractivity contribution in [2.75, 3.05) is 0 Å². The molecule has 4 aromatic heterocycles. The minimum atomic E-state index is 0. The van der Waals surface area contributed by atoms with Crippen molar-refractivity contribution in [1.82, 2.24) is 15.0 Å². The second-order valence-electron chi connectivity index (χ2n) is 10.3. The zero-order chi connectivity index (χ0) is 27.6. The maximum Gasteiger partial charge on any atom is 0.216 e. The standard InChI is InChI=1S/C25H21N2O.C11H8N.Ir/c1-14(2)17-6-8-19-18(13-17)9-10-26-23(19)22-12-15(3)11-21-20-7-5-16(4)27-25(20)28-24(21)22;1-2-6-10(7-3-1)11-8-4-5-9-12-11;/h5-11,13-14H,1-4H3;1-6,8-9H;/q2*-1;. The Morgan fingerprint density at radius 3 is 2.37 bits per heavy atom. The molecule has 4 heterocycles. The average Bonchev–Trinajstić information content (AvgIpc) is 3.34. The van der Waals surface area contributed by atoms with Crippen molar-refractivity contribution in [1.29, 1.82) is 0 Å². The number of hydrogen-bond donors (Lipinski definition) is 0. The van der Waals surface area contributed by atoms with E-state index in [0.29, 0.717) is 11.6 Å². The van der Waals surface area contributed by atoms with Crippen LogP contribution in [0.25, 0.3) is 55.4 Å². The van der Waals surface area contributed by atoms with Crippen LogP contribution in [0.4, 0.5) is 0 Å². The molecule has 205 valence electrons. The molecule has 1 radical (unpaired) electrons. The Labute approximate surface area is 253 Å². The van der Waals surface area contributed by atoms with E-state index >= 15 is 0 Å². The first-order valence-corrected chi connectivity index (χ1v) is 13.5. The molecule has 0 N–H and O–H groups in total. The van der Waals surface area contributed by atoms with Gasteiger partial charge in [-0.1, -0.05) is 62.1 Å². The Balaban J connectivity index is 0.000000218. The first kappa shape index (κ1) is 28.4. The number of aromatic nitrogens is 3. The van der Waals surface area contributed by atoms with Crippen LogP contribution in [0.15, 0.2) is 102 Å². The average molecular weight is 712 g/mol. The monoisotopic (exact) mass is 712 g/mol. The molecule has 3 aromatic carbocycles. The number of aryl methyl sites for hydroxylation is 2. The maximum absolute atomic E-state index is 6.20. The van der Waals surface area contributed by atoms with Gasteiger partial charge in [-0.3, -0.25) is 0 Å². The van der Waals surface area contributed by atoms with Crippen molar-refractivity contribution in [3.63, 3.8) is 0 Å². The molecule has 0 amide bonds. The van der Waals surface area contributed by atoms with Crippen molar-refractivity contribution in [2.24, 2.45) is 0 Å². The predicted molar refractivity (Wildman–Crippen MR) is 163 cm³/mol. The molecular weight excluding hydrogens is 683 g/mol. The van der Waals surface area contributed by atoms with E-state index in [1.807, 2.05) is 61.7 Å². The van der Waals surface area contributed by atoms with Gasteiger partial charge in [0.05, 0.1) is 5.58 Å². The van der Waals surface area contributed by atoms with Crippen molar-refractivity contribution in [3.8, 4) is 22.5 Å². The van der Waals surface area contributed by atoms with Crippen molar-refractivity contribution in [2.45, 2.75) is 33.6 Å². The van der Waals surface area contributed by atoms with Gasteiger partial charge in [0.1, 0.15) is 0 Å². The molecule has 0 aliphatic carbocycles. The van der Waals surface area contributed by atoms with E-state index in [2.05, 4.69) is 79.3 Å². The molecule has 0 saturated heterocycles. The molecule has 7 rings (SSSR count). The van der Waals surface area contributed by atoms with Crippen LogP contribution in [0.3, 0.4) is 0 Å². The smallest absolute Gasteiger partial charge is 0.216 e. The molecule has 0 aliphatic rings. The summed E-state index contributed by atoms with van der Waals surface area (Å²) in [5, 5.41) is 4.39. The van der Waals surface area contributed by atoms with Gasteiger partial charge in [-0.15, -0.1) is 53.6 Å². The Hall–Kier alpha value is -4.18. The van der Waals surface area contributed by atoms with Crippen LogP contribution in [-0.2, 0) is 20.1 Å². The van der Waals surface area contributed by atoms with E-state index in [1.165, 1.54) is 10.9 Å². The van der Waals surface area contributed by atoms with Gasteiger partial charge in [-0.2, -0.15) is 0 Å². The molecule has 4 nitrogen and oxygen atoms in total. The van der Waals surface area contributed by atoms with Crippen LogP contribution in [0.2, 0.25) is 0 Å². The van der Waals surface area contributed by atoms with Crippen LogP contribution in [0.1, 0.15) is 36.6 Å². The zero-order valence-electron chi connectivity index (χ0n) is 23.4.